The zero-order chi connectivity index (χ0) is 15.4. The van der Waals surface area contributed by atoms with Crippen LogP contribution in [-0.4, -0.2) is 44.2 Å². The summed E-state index contributed by atoms with van der Waals surface area (Å²) < 4.78 is 4.75. The van der Waals surface area contributed by atoms with Crippen molar-refractivity contribution in [3.63, 3.8) is 0 Å². The van der Waals surface area contributed by atoms with E-state index in [0.717, 1.165) is 32.6 Å². The lowest BCUT2D eigenvalue weighted by Gasteiger charge is -2.14. The van der Waals surface area contributed by atoms with E-state index in [4.69, 9.17) is 15.7 Å². The molecule has 0 radical (unpaired) electrons. The Balaban J connectivity index is 2.09. The lowest BCUT2D eigenvalue weighted by Crippen LogP contribution is -2.22. The van der Waals surface area contributed by atoms with Gasteiger partial charge < -0.3 is 20.7 Å². The number of hydrogen-bond donors (Lipinski definition) is 2. The van der Waals surface area contributed by atoms with E-state index in [0.29, 0.717) is 15.8 Å². The number of anilines is 2. The number of nitrogens with one attached hydrogen (secondary N) is 1. The molecule has 1 fully saturated rings. The molecule has 21 heavy (non-hydrogen) atoms. The van der Waals surface area contributed by atoms with E-state index in [1.807, 2.05) is 6.07 Å². The molecule has 1 aromatic heterocycles. The molecular weight excluding hydrogens is 288 g/mol. The molecule has 1 atom stereocenters. The van der Waals surface area contributed by atoms with E-state index in [1.54, 1.807) is 0 Å². The molecular formula is C14H20N4O2S. The maximum absolute atomic E-state index is 11.8. The van der Waals surface area contributed by atoms with Gasteiger partial charge in [0.1, 0.15) is 21.5 Å². The van der Waals surface area contributed by atoms with Gasteiger partial charge in [0.2, 0.25) is 0 Å². The lowest BCUT2D eigenvalue weighted by atomic mass is 10.1. The number of rotatable bonds is 5. The van der Waals surface area contributed by atoms with Gasteiger partial charge in [-0.2, -0.15) is 5.26 Å². The van der Waals surface area contributed by atoms with Crippen LogP contribution in [0, 0.1) is 17.2 Å². The molecule has 0 aliphatic carbocycles. The monoisotopic (exact) mass is 308 g/mol. The van der Waals surface area contributed by atoms with E-state index in [2.05, 4.69) is 17.1 Å². The summed E-state index contributed by atoms with van der Waals surface area (Å²) in [5.74, 6) is 0.0404. The Morgan fingerprint density at radius 3 is 3.00 bits per heavy atom. The number of likely N-dealkylation sites (tertiary alicyclic amines) is 1. The zero-order valence-electron chi connectivity index (χ0n) is 12.3. The van der Waals surface area contributed by atoms with Crippen molar-refractivity contribution >= 4 is 28.0 Å². The summed E-state index contributed by atoms with van der Waals surface area (Å²) in [6, 6.07) is 2.02. The molecule has 3 N–H and O–H groups in total. The summed E-state index contributed by atoms with van der Waals surface area (Å²) in [5.41, 5.74) is 6.35. The number of nitrogens with two attached hydrogens (primary N) is 1. The first-order valence-electron chi connectivity index (χ1n) is 6.97. The zero-order valence-corrected chi connectivity index (χ0v) is 13.1. The fourth-order valence-corrected chi connectivity index (χ4v) is 3.47. The van der Waals surface area contributed by atoms with Gasteiger partial charge in [0.25, 0.3) is 0 Å². The Morgan fingerprint density at radius 1 is 1.67 bits per heavy atom. The van der Waals surface area contributed by atoms with E-state index >= 15 is 0 Å². The van der Waals surface area contributed by atoms with Crippen LogP contribution in [0.1, 0.15) is 28.6 Å². The molecule has 7 heteroatoms. The normalized spacial score (nSPS) is 18.4. The molecule has 0 spiro atoms. The minimum absolute atomic E-state index is 0.207. The fraction of sp³-hybridized carbons (Fsp3) is 0.571. The van der Waals surface area contributed by atoms with E-state index < -0.39 is 5.97 Å². The van der Waals surface area contributed by atoms with Crippen molar-refractivity contribution in [3.05, 3.63) is 10.4 Å². The number of nitriles is 1. The van der Waals surface area contributed by atoms with Crippen molar-refractivity contribution in [1.29, 1.82) is 5.26 Å². The first-order valence-corrected chi connectivity index (χ1v) is 7.79. The van der Waals surface area contributed by atoms with Crippen LogP contribution < -0.4 is 11.1 Å². The Hall–Kier alpha value is -1.78. The van der Waals surface area contributed by atoms with Gasteiger partial charge >= 0.3 is 5.97 Å². The summed E-state index contributed by atoms with van der Waals surface area (Å²) in [5, 5.41) is 13.0. The summed E-state index contributed by atoms with van der Waals surface area (Å²) in [7, 11) is 1.31. The van der Waals surface area contributed by atoms with Gasteiger partial charge in [-0.3, -0.25) is 0 Å². The Kier molecular flexibility index (Phi) is 5.04. The number of methoxy groups -OCH3 is 1. The van der Waals surface area contributed by atoms with E-state index in [9.17, 15) is 4.79 Å². The van der Waals surface area contributed by atoms with Gasteiger partial charge in [-0.15, -0.1) is 11.3 Å². The number of nitrogens with zero attached hydrogens (tertiary/aromatic N) is 2. The molecule has 1 aliphatic rings. The molecule has 0 aromatic carbocycles. The van der Waals surface area contributed by atoms with Crippen LogP contribution in [0.3, 0.4) is 0 Å². The molecule has 2 heterocycles. The van der Waals surface area contributed by atoms with Crippen LogP contribution in [0.4, 0.5) is 10.7 Å². The minimum atomic E-state index is -0.505. The fourth-order valence-electron chi connectivity index (χ4n) is 2.56. The number of nitrogen functional groups attached to an aromatic ring is 1. The highest BCUT2D eigenvalue weighted by Crippen LogP contribution is 2.36. The van der Waals surface area contributed by atoms with Crippen molar-refractivity contribution in [2.75, 3.05) is 44.3 Å². The second-order valence-electron chi connectivity index (χ2n) is 5.08. The third-order valence-electron chi connectivity index (χ3n) is 3.80. The molecule has 1 aromatic rings. The van der Waals surface area contributed by atoms with E-state index in [-0.39, 0.29) is 11.3 Å². The molecule has 2 rings (SSSR count). The average Bonchev–Trinajstić information content (AvgIpc) is 3.08. The smallest absolute Gasteiger partial charge is 0.343 e. The number of esters is 1. The highest BCUT2D eigenvalue weighted by Gasteiger charge is 2.25. The van der Waals surface area contributed by atoms with Crippen LogP contribution in [-0.2, 0) is 4.74 Å². The maximum Gasteiger partial charge on any atom is 0.343 e. The quantitative estimate of drug-likeness (QED) is 0.805. The van der Waals surface area contributed by atoms with Gasteiger partial charge in [-0.1, -0.05) is 6.92 Å². The van der Waals surface area contributed by atoms with Gasteiger partial charge in [0.05, 0.1) is 12.8 Å². The predicted octanol–water partition coefficient (Wildman–Crippen LogP) is 1.74. The van der Waals surface area contributed by atoms with Crippen molar-refractivity contribution in [1.82, 2.24) is 4.90 Å². The van der Waals surface area contributed by atoms with Crippen molar-refractivity contribution in [3.8, 4) is 6.07 Å². The Morgan fingerprint density at radius 2 is 2.43 bits per heavy atom. The number of hydrogen-bond acceptors (Lipinski definition) is 7. The summed E-state index contributed by atoms with van der Waals surface area (Å²) in [4.78, 5) is 14.6. The van der Waals surface area contributed by atoms with E-state index in [1.165, 1.54) is 18.4 Å². The summed E-state index contributed by atoms with van der Waals surface area (Å²) >= 11 is 1.21. The van der Waals surface area contributed by atoms with Crippen LogP contribution in [0.5, 0.6) is 0 Å². The van der Waals surface area contributed by atoms with Gasteiger partial charge in [0.15, 0.2) is 0 Å². The van der Waals surface area contributed by atoms with Crippen LogP contribution in [0.25, 0.3) is 0 Å². The molecule has 114 valence electrons. The number of carbonyl (C=O) groups excluding carboxylic acids is 1. The standard InChI is InChI=1S/C14H20N4O2S/c1-3-18-5-4-9(8-18)7-17-13-11(14(19)20-2)12(16)10(6-15)21-13/h9,17H,3-5,7-8,16H2,1-2H3. The topological polar surface area (TPSA) is 91.4 Å². The predicted molar refractivity (Wildman–Crippen MR) is 83.5 cm³/mol. The van der Waals surface area contributed by atoms with Gasteiger partial charge in [-0.05, 0) is 25.4 Å². The number of thiophene rings is 1. The largest absolute Gasteiger partial charge is 0.465 e. The molecule has 1 saturated heterocycles. The Labute approximate surface area is 128 Å². The average molecular weight is 308 g/mol. The first-order chi connectivity index (χ1) is 10.1. The SMILES string of the molecule is CCN1CCC(CNc2sc(C#N)c(N)c2C(=O)OC)C1. The molecule has 0 amide bonds. The lowest BCUT2D eigenvalue weighted by molar-refractivity contribution is 0.0603. The number of ether oxygens (including phenoxy) is 1. The second-order valence-corrected chi connectivity index (χ2v) is 6.10. The van der Waals surface area contributed by atoms with Crippen LogP contribution >= 0.6 is 11.3 Å². The highest BCUT2D eigenvalue weighted by molar-refractivity contribution is 7.17. The molecule has 0 bridgehead atoms. The number of carbonyl (C=O) groups is 1. The highest BCUT2D eigenvalue weighted by atomic mass is 32.1. The summed E-state index contributed by atoms with van der Waals surface area (Å²) in [6.07, 6.45) is 1.14. The first kappa shape index (κ1) is 15.6. The van der Waals surface area contributed by atoms with Crippen LogP contribution in [0.2, 0.25) is 0 Å². The molecule has 6 nitrogen and oxygen atoms in total. The molecule has 0 saturated carbocycles. The van der Waals surface area contributed by atoms with Crippen molar-refractivity contribution < 1.29 is 9.53 Å². The van der Waals surface area contributed by atoms with Crippen LogP contribution in [0.15, 0.2) is 0 Å². The van der Waals surface area contributed by atoms with Gasteiger partial charge in [0, 0.05) is 13.1 Å². The van der Waals surface area contributed by atoms with Gasteiger partial charge in [-0.25, -0.2) is 4.79 Å². The summed E-state index contributed by atoms with van der Waals surface area (Å²) in [6.45, 7) is 6.16. The third-order valence-corrected chi connectivity index (χ3v) is 4.87. The Bertz CT molecular complexity index is 564. The third kappa shape index (κ3) is 3.28. The molecule has 1 aliphatic heterocycles. The van der Waals surface area contributed by atoms with Crippen molar-refractivity contribution in [2.45, 2.75) is 13.3 Å². The van der Waals surface area contributed by atoms with Crippen molar-refractivity contribution in [2.24, 2.45) is 5.92 Å². The second kappa shape index (κ2) is 6.78. The minimum Gasteiger partial charge on any atom is -0.465 e. The maximum atomic E-state index is 11.8. The molecule has 1 unspecified atom stereocenters.